The fraction of sp³-hybridized carbons (Fsp3) is 0.478. The van der Waals surface area contributed by atoms with Gasteiger partial charge < -0.3 is 21.7 Å². The predicted octanol–water partition coefficient (Wildman–Crippen LogP) is 1.60. The number of quaternary nitrogens is 1. The van der Waals surface area contributed by atoms with Crippen molar-refractivity contribution in [1.29, 1.82) is 0 Å². The summed E-state index contributed by atoms with van der Waals surface area (Å²) in [5.41, 5.74) is 0.993. The maximum atomic E-state index is 6.41. The third-order valence-electron chi connectivity index (χ3n) is 4.42. The number of nitrogens with zero attached hydrogens (tertiary/aromatic N) is 1. The molecule has 0 saturated heterocycles. The Kier molecular flexibility index (Phi) is 12.6. The summed E-state index contributed by atoms with van der Waals surface area (Å²) in [6, 6.07) is 9.95. The number of terminal acetylenes is 3. The summed E-state index contributed by atoms with van der Waals surface area (Å²) >= 11 is 0. The molecule has 1 aromatic rings. The van der Waals surface area contributed by atoms with E-state index in [1.54, 1.807) is 0 Å². The number of ether oxygens (including phenoxy) is 1. The molecule has 0 N–H and O–H groups in total. The smallest absolute Gasteiger partial charge is 0.264 e. The van der Waals surface area contributed by atoms with Crippen molar-refractivity contribution in [2.24, 2.45) is 0 Å². The van der Waals surface area contributed by atoms with Crippen molar-refractivity contribution >= 4 is 5.69 Å². The molecule has 0 aliphatic heterocycles. The van der Waals surface area contributed by atoms with Crippen LogP contribution in [-0.4, -0.2) is 25.4 Å². The van der Waals surface area contributed by atoms with Gasteiger partial charge in [0.15, 0.2) is 0 Å². The average Bonchev–Trinajstić information content (AvgIpc) is 2.64. The monoisotopic (exact) mass is 415 g/mol. The lowest BCUT2D eigenvalue weighted by molar-refractivity contribution is -0.0604. The Morgan fingerprint density at radius 2 is 1.58 bits per heavy atom. The number of unbranched alkanes of at least 4 members (excludes halogenated alkanes) is 1. The minimum Gasteiger partial charge on any atom is -1.00 e. The Morgan fingerprint density at radius 1 is 0.962 bits per heavy atom. The van der Waals surface area contributed by atoms with Crippen LogP contribution >= 0.6 is 0 Å². The summed E-state index contributed by atoms with van der Waals surface area (Å²) in [6.07, 6.45) is 22.2. The lowest BCUT2D eigenvalue weighted by Crippen LogP contribution is -3.00. The molecule has 0 fully saturated rings. The highest BCUT2D eigenvalue weighted by atomic mass is 79.9. The molecule has 0 amide bonds. The fourth-order valence-corrected chi connectivity index (χ4v) is 3.11. The van der Waals surface area contributed by atoms with Crippen LogP contribution in [0.25, 0.3) is 0 Å². The van der Waals surface area contributed by atoms with Crippen molar-refractivity contribution in [3.05, 3.63) is 30.3 Å². The van der Waals surface area contributed by atoms with E-state index in [9.17, 15) is 0 Å². The Morgan fingerprint density at radius 3 is 2.04 bits per heavy atom. The quantitative estimate of drug-likeness (QED) is 0.303. The highest BCUT2D eigenvalue weighted by Crippen LogP contribution is 2.28. The Balaban J connectivity index is 0.00000625. The largest absolute Gasteiger partial charge is 1.00 e. The highest BCUT2D eigenvalue weighted by molar-refractivity contribution is 5.46. The van der Waals surface area contributed by atoms with E-state index in [4.69, 9.17) is 24.0 Å². The minimum absolute atomic E-state index is 0. The second-order valence-corrected chi connectivity index (χ2v) is 6.30. The molecule has 0 radical (unpaired) electrons. The van der Waals surface area contributed by atoms with E-state index in [1.807, 2.05) is 30.3 Å². The molecule has 0 aromatic heterocycles. The molecule has 2 atom stereocenters. The highest BCUT2D eigenvalue weighted by Gasteiger charge is 2.39. The fourth-order valence-electron chi connectivity index (χ4n) is 3.11. The molecule has 2 unspecified atom stereocenters. The van der Waals surface area contributed by atoms with Gasteiger partial charge in [-0.2, -0.15) is 0 Å². The van der Waals surface area contributed by atoms with Crippen molar-refractivity contribution in [2.75, 3.05) is 13.1 Å². The van der Waals surface area contributed by atoms with Gasteiger partial charge in [0, 0.05) is 0 Å². The van der Waals surface area contributed by atoms with Gasteiger partial charge in [0.25, 0.3) is 6.23 Å². The first-order valence-corrected chi connectivity index (χ1v) is 9.09. The van der Waals surface area contributed by atoms with Gasteiger partial charge in [-0.15, -0.1) is 19.3 Å². The zero-order valence-electron chi connectivity index (χ0n) is 16.0. The zero-order valence-corrected chi connectivity index (χ0v) is 17.5. The third-order valence-corrected chi connectivity index (χ3v) is 4.42. The van der Waals surface area contributed by atoms with Crippen LogP contribution in [0, 0.1) is 37.0 Å². The summed E-state index contributed by atoms with van der Waals surface area (Å²) in [5.74, 6) is 8.35. The number of hydrogen-bond donors (Lipinski definition) is 0. The van der Waals surface area contributed by atoms with Crippen LogP contribution in [0.4, 0.5) is 5.69 Å². The van der Waals surface area contributed by atoms with Crippen LogP contribution in [0.3, 0.4) is 0 Å². The molecule has 0 aliphatic carbocycles. The van der Waals surface area contributed by atoms with Crippen molar-refractivity contribution in [3.63, 3.8) is 0 Å². The first-order chi connectivity index (χ1) is 12.2. The third kappa shape index (κ3) is 6.55. The van der Waals surface area contributed by atoms with Gasteiger partial charge in [0.1, 0.15) is 18.8 Å². The molecule has 0 bridgehead atoms. The first kappa shape index (κ1) is 24.3. The zero-order chi connectivity index (χ0) is 18.5. The van der Waals surface area contributed by atoms with E-state index in [1.165, 1.54) is 0 Å². The van der Waals surface area contributed by atoms with Crippen LogP contribution in [0.2, 0.25) is 0 Å². The van der Waals surface area contributed by atoms with Crippen molar-refractivity contribution < 1.29 is 21.7 Å². The number of halogens is 1. The van der Waals surface area contributed by atoms with Gasteiger partial charge in [-0.3, -0.25) is 0 Å². The van der Waals surface area contributed by atoms with Crippen LogP contribution in [0.5, 0.6) is 0 Å². The van der Waals surface area contributed by atoms with Crippen molar-refractivity contribution in [2.45, 2.75) is 58.3 Å². The van der Waals surface area contributed by atoms with E-state index in [-0.39, 0.29) is 27.6 Å². The molecule has 2 nitrogen and oxygen atoms in total. The molecule has 140 valence electrons. The lowest BCUT2D eigenvalue weighted by Gasteiger charge is -2.40. The van der Waals surface area contributed by atoms with E-state index in [2.05, 4.69) is 31.6 Å². The van der Waals surface area contributed by atoms with Gasteiger partial charge >= 0.3 is 0 Å². The maximum Gasteiger partial charge on any atom is 0.264 e. The van der Waals surface area contributed by atoms with Gasteiger partial charge in [-0.25, -0.2) is 4.48 Å². The first-order valence-electron chi connectivity index (χ1n) is 9.09. The molecular formula is C23H30BrNO. The predicted molar refractivity (Wildman–Crippen MR) is 108 cm³/mol. The molecular weight excluding hydrogens is 386 g/mol. The van der Waals surface area contributed by atoms with E-state index in [0.717, 1.165) is 37.8 Å². The van der Waals surface area contributed by atoms with Crippen LogP contribution in [-0.2, 0) is 4.74 Å². The SMILES string of the molecule is C#CC[N+](CC#C)(c1ccccc1)C(C#C)OC(CCC)CCCC.[Br-]. The summed E-state index contributed by atoms with van der Waals surface area (Å²) in [7, 11) is 0. The number of benzene rings is 1. The molecule has 0 saturated carbocycles. The van der Waals surface area contributed by atoms with Crippen LogP contribution in [0.15, 0.2) is 30.3 Å². The summed E-state index contributed by atoms with van der Waals surface area (Å²) in [6.45, 7) is 5.14. The molecule has 1 rings (SSSR count). The average molecular weight is 416 g/mol. The Hall–Kier alpha value is -1.70. The maximum absolute atomic E-state index is 6.41. The number of para-hydroxylation sites is 1. The topological polar surface area (TPSA) is 9.23 Å². The molecule has 0 aliphatic rings. The van der Waals surface area contributed by atoms with Crippen molar-refractivity contribution in [1.82, 2.24) is 4.48 Å². The lowest BCUT2D eigenvalue weighted by atomic mass is 10.1. The van der Waals surface area contributed by atoms with Gasteiger partial charge in [0.05, 0.1) is 6.10 Å². The second-order valence-electron chi connectivity index (χ2n) is 6.30. The van der Waals surface area contributed by atoms with E-state index in [0.29, 0.717) is 13.1 Å². The molecule has 1 aromatic carbocycles. The summed E-state index contributed by atoms with van der Waals surface area (Å²) in [5, 5.41) is 0. The molecule has 26 heavy (non-hydrogen) atoms. The van der Waals surface area contributed by atoms with Crippen molar-refractivity contribution in [3.8, 4) is 37.0 Å². The van der Waals surface area contributed by atoms with Gasteiger partial charge in [-0.05, 0) is 42.7 Å². The normalized spacial score (nSPS) is 12.7. The molecule has 0 heterocycles. The standard InChI is InChI=1S/C23H30NO.BrH/c1-6-11-18-22(15-7-2)25-23(10-5)24(19-8-3,20-9-4)21-16-13-12-14-17-21;/h3-5,12-14,16-17,22-23H,6-7,11,15,18-20H2,1-2H3;1H/q+1;/p-1. The van der Waals surface area contributed by atoms with Crippen LogP contribution in [0.1, 0.15) is 46.0 Å². The van der Waals surface area contributed by atoms with E-state index < -0.39 is 6.23 Å². The van der Waals surface area contributed by atoms with E-state index >= 15 is 0 Å². The minimum atomic E-state index is -0.497. The van der Waals surface area contributed by atoms with Gasteiger partial charge in [0.2, 0.25) is 0 Å². The molecule has 0 spiro atoms. The van der Waals surface area contributed by atoms with Gasteiger partial charge in [-0.1, -0.05) is 51.3 Å². The Bertz CT molecular complexity index is 604. The summed E-state index contributed by atoms with van der Waals surface area (Å²) in [4.78, 5) is 0. The summed E-state index contributed by atoms with van der Waals surface area (Å²) < 4.78 is 6.69. The molecule has 3 heteroatoms. The van der Waals surface area contributed by atoms with Crippen LogP contribution < -0.4 is 21.5 Å². The number of hydrogen-bond acceptors (Lipinski definition) is 1. The Labute approximate surface area is 170 Å². The second kappa shape index (κ2) is 13.5. The number of rotatable bonds is 11.